The van der Waals surface area contributed by atoms with Crippen LogP contribution in [0.4, 0.5) is 0 Å². The fraction of sp³-hybridized carbons (Fsp3) is 0.789. The topological polar surface area (TPSA) is 46.2 Å². The van der Waals surface area contributed by atoms with E-state index in [4.69, 9.17) is 0 Å². The highest BCUT2D eigenvalue weighted by Gasteiger charge is 2.38. The van der Waals surface area contributed by atoms with Gasteiger partial charge >= 0.3 is 0 Å². The van der Waals surface area contributed by atoms with Crippen molar-refractivity contribution in [3.05, 3.63) is 11.3 Å². The highest BCUT2D eigenvalue weighted by molar-refractivity contribution is 7.98. The lowest BCUT2D eigenvalue weighted by atomic mass is 9.72. The summed E-state index contributed by atoms with van der Waals surface area (Å²) in [5, 5.41) is 3.53. The van der Waals surface area contributed by atoms with E-state index >= 15 is 0 Å². The molecule has 4 heteroatoms. The van der Waals surface area contributed by atoms with E-state index in [2.05, 4.69) is 46.2 Å². The number of carbonyl (C=O) groups excluding carboxylic acids is 2. The molecule has 0 spiro atoms. The van der Waals surface area contributed by atoms with Gasteiger partial charge in [0, 0.05) is 29.8 Å². The summed E-state index contributed by atoms with van der Waals surface area (Å²) in [5.41, 5.74) is 0.897. The first-order chi connectivity index (χ1) is 10.3. The summed E-state index contributed by atoms with van der Waals surface area (Å²) in [7, 11) is 0. The Kier molecular flexibility index (Phi) is 6.17. The molecule has 1 N–H and O–H groups in total. The Morgan fingerprint density at radius 2 is 1.57 bits per heavy atom. The maximum absolute atomic E-state index is 12.7. The quantitative estimate of drug-likeness (QED) is 0.597. The van der Waals surface area contributed by atoms with E-state index < -0.39 is 0 Å². The lowest BCUT2D eigenvalue weighted by molar-refractivity contribution is -0.127. The summed E-state index contributed by atoms with van der Waals surface area (Å²) < 4.78 is 0. The molecule has 0 heterocycles. The Hall–Kier alpha value is -0.770. The number of thioether (sulfide) groups is 1. The number of nitrogens with one attached hydrogen (secondary N) is 1. The van der Waals surface area contributed by atoms with Gasteiger partial charge in [0.25, 0.3) is 0 Å². The summed E-state index contributed by atoms with van der Waals surface area (Å²) in [5.74, 6) is 0.915. The Labute approximate surface area is 146 Å². The molecule has 1 fully saturated rings. The molecule has 0 aromatic rings. The van der Waals surface area contributed by atoms with E-state index in [0.29, 0.717) is 24.8 Å². The molecule has 0 saturated heterocycles. The van der Waals surface area contributed by atoms with Gasteiger partial charge in [0.1, 0.15) is 0 Å². The fourth-order valence-electron chi connectivity index (χ4n) is 3.13. The highest BCUT2D eigenvalue weighted by Crippen LogP contribution is 2.36. The third kappa shape index (κ3) is 6.33. The van der Waals surface area contributed by atoms with Gasteiger partial charge in [0.2, 0.25) is 0 Å². The Morgan fingerprint density at radius 1 is 1.09 bits per heavy atom. The molecular weight excluding hydrogens is 306 g/mol. The number of carbonyl (C=O) groups is 2. The monoisotopic (exact) mass is 339 g/mol. The zero-order chi connectivity index (χ0) is 18.1. The molecule has 0 unspecified atom stereocenters. The maximum Gasteiger partial charge on any atom is 0.168 e. The van der Waals surface area contributed by atoms with Gasteiger partial charge in [-0.15, -0.1) is 0 Å². The van der Waals surface area contributed by atoms with E-state index in [1.807, 2.05) is 13.8 Å². The average molecular weight is 340 g/mol. The zero-order valence-electron chi connectivity index (χ0n) is 16.1. The first-order valence-electron chi connectivity index (χ1n) is 8.33. The van der Waals surface area contributed by atoms with Crippen molar-refractivity contribution in [3.8, 4) is 0 Å². The van der Waals surface area contributed by atoms with Crippen LogP contribution >= 0.6 is 11.8 Å². The Morgan fingerprint density at radius 3 is 1.96 bits per heavy atom. The third-order valence-corrected chi connectivity index (χ3v) is 4.85. The Bertz CT molecular complexity index is 488. The number of hydrogen-bond donors (Lipinski definition) is 1. The van der Waals surface area contributed by atoms with Gasteiger partial charge in [-0.1, -0.05) is 34.6 Å². The smallest absolute Gasteiger partial charge is 0.168 e. The van der Waals surface area contributed by atoms with Gasteiger partial charge in [-0.2, -0.15) is 11.8 Å². The van der Waals surface area contributed by atoms with E-state index in [0.717, 1.165) is 11.4 Å². The summed E-state index contributed by atoms with van der Waals surface area (Å²) in [6.07, 6.45) is 3.68. The van der Waals surface area contributed by atoms with Gasteiger partial charge < -0.3 is 5.32 Å². The highest BCUT2D eigenvalue weighted by atomic mass is 32.2. The first kappa shape index (κ1) is 20.3. The van der Waals surface area contributed by atoms with Crippen molar-refractivity contribution in [2.24, 2.45) is 10.8 Å². The normalized spacial score (nSPS) is 19.0. The molecular formula is C19H33NO2S. The van der Waals surface area contributed by atoms with Crippen LogP contribution in [0.2, 0.25) is 0 Å². The molecule has 0 bridgehead atoms. The van der Waals surface area contributed by atoms with E-state index in [-0.39, 0.29) is 27.9 Å². The predicted molar refractivity (Wildman–Crippen MR) is 99.7 cm³/mol. The standard InChI is InChI=1S/C19H33NO2S/c1-17(2,3)9-13(20-19(6,7)12-23-8)16-14(21)10-18(4,5)11-15(16)22/h20H,9-12H2,1-8H3. The molecule has 0 amide bonds. The van der Waals surface area contributed by atoms with Crippen molar-refractivity contribution < 1.29 is 9.59 Å². The summed E-state index contributed by atoms with van der Waals surface area (Å²) in [6.45, 7) is 14.6. The first-order valence-corrected chi connectivity index (χ1v) is 9.72. The van der Waals surface area contributed by atoms with E-state index in [1.54, 1.807) is 11.8 Å². The van der Waals surface area contributed by atoms with Gasteiger partial charge in [-0.25, -0.2) is 0 Å². The molecule has 0 atom stereocenters. The van der Waals surface area contributed by atoms with Crippen LogP contribution in [0.25, 0.3) is 0 Å². The van der Waals surface area contributed by atoms with Crippen LogP contribution in [0.1, 0.15) is 67.7 Å². The second-order valence-corrected chi connectivity index (χ2v) is 10.3. The minimum Gasteiger partial charge on any atom is -0.382 e. The molecule has 0 aliphatic heterocycles. The predicted octanol–water partition coefficient (Wildman–Crippen LogP) is 4.37. The van der Waals surface area contributed by atoms with E-state index in [1.165, 1.54) is 0 Å². The molecule has 1 aliphatic rings. The molecule has 0 aromatic heterocycles. The number of ketones is 2. The van der Waals surface area contributed by atoms with Crippen LogP contribution < -0.4 is 5.32 Å². The summed E-state index contributed by atoms with van der Waals surface area (Å²) >= 11 is 1.76. The van der Waals surface area contributed by atoms with Crippen LogP contribution in [-0.2, 0) is 9.59 Å². The zero-order valence-corrected chi connectivity index (χ0v) is 16.9. The van der Waals surface area contributed by atoms with Crippen molar-refractivity contribution in [1.29, 1.82) is 0 Å². The minimum atomic E-state index is -0.223. The van der Waals surface area contributed by atoms with Crippen LogP contribution in [0.5, 0.6) is 0 Å². The molecule has 132 valence electrons. The average Bonchev–Trinajstić information content (AvgIpc) is 2.21. The lowest BCUT2D eigenvalue weighted by Crippen LogP contribution is -2.44. The number of hydrogen-bond acceptors (Lipinski definition) is 4. The van der Waals surface area contributed by atoms with Crippen LogP contribution in [0, 0.1) is 10.8 Å². The minimum absolute atomic E-state index is 0.00190. The van der Waals surface area contributed by atoms with Crippen LogP contribution in [0.3, 0.4) is 0 Å². The summed E-state index contributed by atoms with van der Waals surface area (Å²) in [6, 6.07) is 0. The van der Waals surface area contributed by atoms with Gasteiger partial charge in [0.15, 0.2) is 11.6 Å². The fourth-order valence-corrected chi connectivity index (χ4v) is 3.93. The van der Waals surface area contributed by atoms with Crippen molar-refractivity contribution >= 4 is 23.3 Å². The molecule has 3 nitrogen and oxygen atoms in total. The van der Waals surface area contributed by atoms with Crippen molar-refractivity contribution in [2.45, 2.75) is 73.3 Å². The second-order valence-electron chi connectivity index (χ2n) is 9.40. The molecule has 1 rings (SSSR count). The van der Waals surface area contributed by atoms with Crippen molar-refractivity contribution in [3.63, 3.8) is 0 Å². The van der Waals surface area contributed by atoms with Crippen molar-refractivity contribution in [2.75, 3.05) is 12.0 Å². The maximum atomic E-state index is 12.7. The third-order valence-electron chi connectivity index (χ3n) is 3.84. The number of allylic oxidation sites excluding steroid dienone is 2. The van der Waals surface area contributed by atoms with Crippen LogP contribution in [0.15, 0.2) is 11.3 Å². The number of rotatable bonds is 5. The summed E-state index contributed by atoms with van der Waals surface area (Å²) in [4.78, 5) is 25.3. The van der Waals surface area contributed by atoms with Crippen molar-refractivity contribution in [1.82, 2.24) is 5.32 Å². The molecule has 0 aromatic carbocycles. The van der Waals surface area contributed by atoms with Crippen LogP contribution in [-0.4, -0.2) is 29.1 Å². The van der Waals surface area contributed by atoms with Gasteiger partial charge in [0.05, 0.1) is 5.57 Å². The van der Waals surface area contributed by atoms with Gasteiger partial charge in [-0.3, -0.25) is 9.59 Å². The number of Topliss-reactive ketones (excluding diaryl/α,β-unsaturated/α-hetero) is 2. The molecule has 1 aliphatic carbocycles. The lowest BCUT2D eigenvalue weighted by Gasteiger charge is -2.35. The van der Waals surface area contributed by atoms with Gasteiger partial charge in [-0.05, 0) is 37.4 Å². The Balaban J connectivity index is 3.26. The molecule has 0 radical (unpaired) electrons. The molecule has 23 heavy (non-hydrogen) atoms. The van der Waals surface area contributed by atoms with E-state index in [9.17, 15) is 9.59 Å². The second kappa shape index (κ2) is 7.00. The SMILES string of the molecule is CSCC(C)(C)NC(CC(C)(C)C)=C1C(=O)CC(C)(C)CC1=O. The molecule has 1 saturated carbocycles. The largest absolute Gasteiger partial charge is 0.382 e.